The molecule has 0 unspecified atom stereocenters. The van der Waals surface area contributed by atoms with Crippen molar-refractivity contribution in [1.82, 2.24) is 4.98 Å². The van der Waals surface area contributed by atoms with Gasteiger partial charge in [-0.1, -0.05) is 12.1 Å². The number of hydrogen-bond acceptors (Lipinski definition) is 3. The molecule has 3 aromatic rings. The fourth-order valence-corrected chi connectivity index (χ4v) is 2.23. The van der Waals surface area contributed by atoms with E-state index in [9.17, 15) is 9.18 Å². The molecule has 22 heavy (non-hydrogen) atoms. The molecule has 0 radical (unpaired) electrons. The molecule has 0 spiro atoms. The number of rotatable bonds is 4. The predicted octanol–water partition coefficient (Wildman–Crippen LogP) is 2.70. The van der Waals surface area contributed by atoms with Crippen LogP contribution in [0.4, 0.5) is 4.39 Å². The van der Waals surface area contributed by atoms with Crippen LogP contribution >= 0.6 is 0 Å². The number of nitrogens with one attached hydrogen (secondary N) is 1. The Morgan fingerprint density at radius 2 is 1.86 bits per heavy atom. The van der Waals surface area contributed by atoms with Gasteiger partial charge in [0.25, 0.3) is 0 Å². The minimum atomic E-state index is -0.281. The van der Waals surface area contributed by atoms with Gasteiger partial charge in [-0.15, -0.1) is 0 Å². The summed E-state index contributed by atoms with van der Waals surface area (Å²) >= 11 is 0. The quantitative estimate of drug-likeness (QED) is 0.778. The highest BCUT2D eigenvalue weighted by molar-refractivity contribution is 5.80. The average Bonchev–Trinajstić information content (AvgIpc) is 2.54. The van der Waals surface area contributed by atoms with Crippen molar-refractivity contribution in [3.05, 3.63) is 75.8 Å². The zero-order chi connectivity index (χ0) is 15.5. The maximum absolute atomic E-state index is 12.8. The summed E-state index contributed by atoms with van der Waals surface area (Å²) in [5.74, 6) is 0.305. The molecule has 3 N–H and O–H groups in total. The molecule has 2 aromatic carbocycles. The highest BCUT2D eigenvalue weighted by atomic mass is 19.1. The Kier molecular flexibility index (Phi) is 3.89. The first-order chi connectivity index (χ1) is 10.7. The molecule has 0 saturated heterocycles. The first kappa shape index (κ1) is 14.3. The third kappa shape index (κ3) is 2.99. The number of H-pyrrole nitrogens is 1. The molecule has 112 valence electrons. The molecule has 1 heterocycles. The van der Waals surface area contributed by atoms with E-state index in [-0.39, 0.29) is 17.8 Å². The number of nitrogens with two attached hydrogens (primary N) is 1. The molecular weight excluding hydrogens is 283 g/mol. The van der Waals surface area contributed by atoms with Crippen LogP contribution in [0.2, 0.25) is 0 Å². The first-order valence-corrected chi connectivity index (χ1v) is 6.89. The summed E-state index contributed by atoms with van der Waals surface area (Å²) in [5.41, 5.74) is 7.72. The van der Waals surface area contributed by atoms with Gasteiger partial charge in [0.05, 0.1) is 0 Å². The average molecular weight is 298 g/mol. The first-order valence-electron chi connectivity index (χ1n) is 6.89. The van der Waals surface area contributed by atoms with Gasteiger partial charge in [0, 0.05) is 29.2 Å². The van der Waals surface area contributed by atoms with Gasteiger partial charge in [-0.2, -0.15) is 0 Å². The molecule has 0 aliphatic rings. The Labute approximate surface area is 126 Å². The smallest absolute Gasteiger partial charge is 0.189 e. The number of aromatic amines is 1. The van der Waals surface area contributed by atoms with Crippen LogP contribution in [0.3, 0.4) is 0 Å². The number of aromatic nitrogens is 1. The molecule has 1 aromatic heterocycles. The van der Waals surface area contributed by atoms with Crippen molar-refractivity contribution < 1.29 is 9.13 Å². The minimum Gasteiger partial charge on any atom is -0.489 e. The number of ether oxygens (including phenoxy) is 1. The van der Waals surface area contributed by atoms with Crippen LogP contribution in [0.15, 0.2) is 53.3 Å². The van der Waals surface area contributed by atoms with Crippen LogP contribution in [0.1, 0.15) is 11.3 Å². The Hall–Kier alpha value is -2.66. The molecule has 0 bridgehead atoms. The maximum Gasteiger partial charge on any atom is 0.189 e. The number of fused-ring (bicyclic) bond motifs is 1. The van der Waals surface area contributed by atoms with Gasteiger partial charge in [-0.3, -0.25) is 4.79 Å². The summed E-state index contributed by atoms with van der Waals surface area (Å²) in [4.78, 5) is 15.2. The highest BCUT2D eigenvalue weighted by Crippen LogP contribution is 2.18. The van der Waals surface area contributed by atoms with Gasteiger partial charge < -0.3 is 15.5 Å². The number of pyridine rings is 1. The van der Waals surface area contributed by atoms with Gasteiger partial charge in [-0.25, -0.2) is 4.39 Å². The summed E-state index contributed by atoms with van der Waals surface area (Å²) < 4.78 is 18.5. The monoisotopic (exact) mass is 298 g/mol. The largest absolute Gasteiger partial charge is 0.489 e. The van der Waals surface area contributed by atoms with Gasteiger partial charge in [0.1, 0.15) is 18.2 Å². The van der Waals surface area contributed by atoms with Crippen molar-refractivity contribution >= 4 is 10.9 Å². The molecule has 4 nitrogen and oxygen atoms in total. The van der Waals surface area contributed by atoms with Crippen molar-refractivity contribution in [2.24, 2.45) is 5.73 Å². The number of hydrogen-bond donors (Lipinski definition) is 2. The fourth-order valence-electron chi connectivity index (χ4n) is 2.23. The maximum atomic E-state index is 12.8. The zero-order valence-corrected chi connectivity index (χ0v) is 11.8. The lowest BCUT2D eigenvalue weighted by Crippen LogP contribution is -2.08. The molecule has 0 aliphatic carbocycles. The summed E-state index contributed by atoms with van der Waals surface area (Å²) in [7, 11) is 0. The van der Waals surface area contributed by atoms with Crippen LogP contribution in [0, 0.1) is 5.82 Å². The van der Waals surface area contributed by atoms with Gasteiger partial charge in [0.15, 0.2) is 5.43 Å². The summed E-state index contributed by atoms with van der Waals surface area (Å²) in [5, 5.41) is 0.550. The second-order valence-corrected chi connectivity index (χ2v) is 4.99. The van der Waals surface area contributed by atoms with E-state index >= 15 is 0 Å². The SMILES string of the molecule is NCc1cc(=O)c2cc(OCc3ccc(F)cc3)ccc2[nH]1. The highest BCUT2D eigenvalue weighted by Gasteiger charge is 2.04. The zero-order valence-electron chi connectivity index (χ0n) is 11.8. The Morgan fingerprint density at radius 1 is 1.09 bits per heavy atom. The third-order valence-electron chi connectivity index (χ3n) is 3.40. The lowest BCUT2D eigenvalue weighted by atomic mass is 10.2. The van der Waals surface area contributed by atoms with E-state index < -0.39 is 0 Å². The van der Waals surface area contributed by atoms with Crippen LogP contribution in [0.5, 0.6) is 5.75 Å². The fraction of sp³-hybridized carbons (Fsp3) is 0.118. The minimum absolute atomic E-state index is 0.0959. The van der Waals surface area contributed by atoms with E-state index in [1.165, 1.54) is 18.2 Å². The van der Waals surface area contributed by atoms with E-state index in [2.05, 4.69) is 4.98 Å². The lowest BCUT2D eigenvalue weighted by Gasteiger charge is -2.08. The van der Waals surface area contributed by atoms with Crippen molar-refractivity contribution in [3.8, 4) is 5.75 Å². The van der Waals surface area contributed by atoms with Gasteiger partial charge in [0.2, 0.25) is 0 Å². The van der Waals surface area contributed by atoms with E-state index in [0.29, 0.717) is 23.4 Å². The van der Waals surface area contributed by atoms with Crippen molar-refractivity contribution in [3.63, 3.8) is 0 Å². The summed E-state index contributed by atoms with van der Waals surface area (Å²) in [6, 6.07) is 12.9. The second kappa shape index (κ2) is 5.99. The van der Waals surface area contributed by atoms with Crippen LogP contribution in [-0.4, -0.2) is 4.98 Å². The van der Waals surface area contributed by atoms with E-state index in [4.69, 9.17) is 10.5 Å². The van der Waals surface area contributed by atoms with E-state index in [1.54, 1.807) is 30.3 Å². The predicted molar refractivity (Wildman–Crippen MR) is 83.2 cm³/mol. The topological polar surface area (TPSA) is 68.1 Å². The lowest BCUT2D eigenvalue weighted by molar-refractivity contribution is 0.306. The van der Waals surface area contributed by atoms with E-state index in [1.807, 2.05) is 0 Å². The van der Waals surface area contributed by atoms with Crippen molar-refractivity contribution in [2.75, 3.05) is 0 Å². The molecule has 0 aliphatic heterocycles. The Morgan fingerprint density at radius 3 is 2.59 bits per heavy atom. The van der Waals surface area contributed by atoms with Crippen LogP contribution < -0.4 is 15.9 Å². The van der Waals surface area contributed by atoms with Crippen LogP contribution in [-0.2, 0) is 13.2 Å². The van der Waals surface area contributed by atoms with Crippen LogP contribution in [0.25, 0.3) is 10.9 Å². The Balaban J connectivity index is 1.84. The molecular formula is C17H15FN2O2. The normalized spacial score (nSPS) is 10.8. The van der Waals surface area contributed by atoms with E-state index in [0.717, 1.165) is 11.1 Å². The molecule has 3 rings (SSSR count). The summed E-state index contributed by atoms with van der Waals surface area (Å²) in [6.45, 7) is 0.596. The molecule has 0 fully saturated rings. The van der Waals surface area contributed by atoms with Crippen molar-refractivity contribution in [2.45, 2.75) is 13.2 Å². The second-order valence-electron chi connectivity index (χ2n) is 4.99. The third-order valence-corrected chi connectivity index (χ3v) is 3.40. The number of halogens is 1. The standard InChI is InChI=1S/C17H15FN2O2/c18-12-3-1-11(2-4-12)10-22-14-5-6-16-15(8-14)17(21)7-13(9-19)20-16/h1-8H,9-10,19H2,(H,20,21). The Bertz CT molecular complexity index is 857. The van der Waals surface area contributed by atoms with Gasteiger partial charge in [-0.05, 0) is 35.9 Å². The van der Waals surface area contributed by atoms with Crippen molar-refractivity contribution in [1.29, 1.82) is 0 Å². The molecule has 0 atom stereocenters. The molecule has 5 heteroatoms. The van der Waals surface area contributed by atoms with Gasteiger partial charge >= 0.3 is 0 Å². The number of benzene rings is 2. The molecule has 0 amide bonds. The molecule has 0 saturated carbocycles. The summed E-state index contributed by atoms with van der Waals surface area (Å²) in [6.07, 6.45) is 0.